The molecule has 2 N–H and O–H groups in total. The van der Waals surface area contributed by atoms with Gasteiger partial charge in [-0.3, -0.25) is 10.8 Å². The molecule has 0 aliphatic carbocycles. The van der Waals surface area contributed by atoms with Crippen LogP contribution in [0.5, 0.6) is 0 Å². The summed E-state index contributed by atoms with van der Waals surface area (Å²) in [6, 6.07) is 0. The van der Waals surface area contributed by atoms with Crippen LogP contribution >= 0.6 is 0 Å². The molecular formula is C3H3F2N3. The monoisotopic (exact) mass is 119 g/mol. The highest BCUT2D eigenvalue weighted by molar-refractivity contribution is 6.04. The number of nitrogens with zero attached hydrogens (tertiary/aromatic N) is 1. The first-order valence-electron chi connectivity index (χ1n) is 1.90. The van der Waals surface area contributed by atoms with Crippen molar-refractivity contribution in [3.05, 3.63) is 0 Å². The summed E-state index contributed by atoms with van der Waals surface area (Å²) in [5.41, 5.74) is 1.81. The van der Waals surface area contributed by atoms with E-state index in [1.54, 1.807) is 0 Å². The van der Waals surface area contributed by atoms with Gasteiger partial charge in [-0.05, 0) is 0 Å². The number of hydrazone groups is 1. The Hall–Kier alpha value is -1.00. The number of rotatable bonds is 0. The number of alkyl halides is 2. The second kappa shape index (κ2) is 1.24. The van der Waals surface area contributed by atoms with Crippen LogP contribution in [0.1, 0.15) is 0 Å². The van der Waals surface area contributed by atoms with E-state index in [2.05, 4.69) is 5.10 Å². The summed E-state index contributed by atoms with van der Waals surface area (Å²) >= 11 is 0. The summed E-state index contributed by atoms with van der Waals surface area (Å²) in [5, 5.41) is 9.43. The molecule has 0 spiro atoms. The quantitative estimate of drug-likeness (QED) is 0.469. The Morgan fingerprint density at radius 2 is 2.38 bits per heavy atom. The molecule has 0 amide bonds. The van der Waals surface area contributed by atoms with E-state index >= 15 is 0 Å². The zero-order valence-corrected chi connectivity index (χ0v) is 3.78. The third-order valence-corrected chi connectivity index (χ3v) is 0.736. The maximum Gasteiger partial charge on any atom is 0.342 e. The number of hydrogen-bond acceptors (Lipinski definition) is 2. The molecule has 0 aromatic heterocycles. The van der Waals surface area contributed by atoms with Crippen molar-refractivity contribution in [3.8, 4) is 0 Å². The first-order chi connectivity index (χ1) is 3.63. The Kier molecular flexibility index (Phi) is 0.797. The molecule has 1 rings (SSSR count). The Morgan fingerprint density at radius 3 is 2.50 bits per heavy atom. The summed E-state index contributed by atoms with van der Waals surface area (Å²) in [5.74, 6) is -4.03. The molecule has 1 aliphatic heterocycles. The predicted molar refractivity (Wildman–Crippen MR) is 24.3 cm³/mol. The second-order valence-corrected chi connectivity index (χ2v) is 1.37. The van der Waals surface area contributed by atoms with Crippen LogP contribution in [0.3, 0.4) is 0 Å². The van der Waals surface area contributed by atoms with E-state index in [-0.39, 0.29) is 0 Å². The lowest BCUT2D eigenvalue weighted by Crippen LogP contribution is -2.30. The molecule has 0 fully saturated rings. The zero-order chi connectivity index (χ0) is 6.20. The first kappa shape index (κ1) is 5.14. The van der Waals surface area contributed by atoms with Gasteiger partial charge >= 0.3 is 5.92 Å². The standard InChI is InChI=1S/C3H3F2N3/c4-3(5)1-7-8-2(3)6/h1H,(H2,6,8). The molecule has 0 saturated heterocycles. The highest BCUT2D eigenvalue weighted by atomic mass is 19.3. The summed E-state index contributed by atoms with van der Waals surface area (Å²) in [6.07, 6.45) is 0.398. The Labute approximate surface area is 43.9 Å². The molecule has 0 saturated carbocycles. The van der Waals surface area contributed by atoms with Crippen molar-refractivity contribution in [3.63, 3.8) is 0 Å². The van der Waals surface area contributed by atoms with Crippen LogP contribution in [-0.4, -0.2) is 18.0 Å². The molecule has 0 aromatic rings. The third-order valence-electron chi connectivity index (χ3n) is 0.736. The van der Waals surface area contributed by atoms with Gasteiger partial charge in [0.05, 0.1) is 0 Å². The van der Waals surface area contributed by atoms with Gasteiger partial charge in [0.1, 0.15) is 6.21 Å². The smallest absolute Gasteiger partial charge is 0.281 e. The van der Waals surface area contributed by atoms with Crippen molar-refractivity contribution in [1.82, 2.24) is 5.43 Å². The van der Waals surface area contributed by atoms with E-state index in [1.165, 1.54) is 0 Å². The lowest BCUT2D eigenvalue weighted by atomic mass is 10.4. The normalized spacial score (nSPS) is 23.5. The third kappa shape index (κ3) is 0.556. The van der Waals surface area contributed by atoms with E-state index in [9.17, 15) is 8.78 Å². The minimum absolute atomic E-state index is 0.398. The summed E-state index contributed by atoms with van der Waals surface area (Å²) < 4.78 is 23.8. The Balaban J connectivity index is 2.82. The van der Waals surface area contributed by atoms with Crippen LogP contribution in [0.2, 0.25) is 0 Å². The van der Waals surface area contributed by atoms with Crippen LogP contribution in [0.4, 0.5) is 8.78 Å². The van der Waals surface area contributed by atoms with Crippen molar-refractivity contribution in [2.45, 2.75) is 5.92 Å². The van der Waals surface area contributed by atoms with E-state index in [4.69, 9.17) is 5.41 Å². The molecule has 5 heteroatoms. The molecule has 1 aliphatic rings. The summed E-state index contributed by atoms with van der Waals surface area (Å²) in [4.78, 5) is 0. The number of hydrogen-bond donors (Lipinski definition) is 2. The molecule has 8 heavy (non-hydrogen) atoms. The van der Waals surface area contributed by atoms with Gasteiger partial charge in [-0.15, -0.1) is 0 Å². The predicted octanol–water partition coefficient (Wildman–Crippen LogP) is 0.188. The lowest BCUT2D eigenvalue weighted by molar-refractivity contribution is 0.163. The van der Waals surface area contributed by atoms with Crippen molar-refractivity contribution in [2.24, 2.45) is 5.10 Å². The SMILES string of the molecule is N=C1NN=CC1(F)F. The molecule has 44 valence electrons. The zero-order valence-electron chi connectivity index (χ0n) is 3.78. The van der Waals surface area contributed by atoms with Gasteiger partial charge < -0.3 is 0 Å². The van der Waals surface area contributed by atoms with Crippen molar-refractivity contribution in [2.75, 3.05) is 0 Å². The Bertz CT molecular complexity index is 151. The minimum atomic E-state index is -3.17. The van der Waals surface area contributed by atoms with Crippen LogP contribution in [0.25, 0.3) is 0 Å². The van der Waals surface area contributed by atoms with Gasteiger partial charge in [-0.1, -0.05) is 0 Å². The molecule has 0 aromatic carbocycles. The molecule has 1 heterocycles. The van der Waals surface area contributed by atoms with Crippen molar-refractivity contribution >= 4 is 12.1 Å². The van der Waals surface area contributed by atoms with Crippen LogP contribution in [-0.2, 0) is 0 Å². The van der Waals surface area contributed by atoms with Gasteiger partial charge in [-0.2, -0.15) is 13.9 Å². The van der Waals surface area contributed by atoms with Crippen LogP contribution < -0.4 is 5.43 Å². The fourth-order valence-corrected chi connectivity index (χ4v) is 0.317. The largest absolute Gasteiger partial charge is 0.342 e. The van der Waals surface area contributed by atoms with Gasteiger partial charge in [0.2, 0.25) is 0 Å². The van der Waals surface area contributed by atoms with Gasteiger partial charge in [0, 0.05) is 0 Å². The number of amidine groups is 1. The molecule has 0 bridgehead atoms. The fraction of sp³-hybridized carbons (Fsp3) is 0.333. The molecule has 0 radical (unpaired) electrons. The van der Waals surface area contributed by atoms with Crippen molar-refractivity contribution in [1.29, 1.82) is 5.41 Å². The topological polar surface area (TPSA) is 48.2 Å². The first-order valence-corrected chi connectivity index (χ1v) is 1.90. The number of halogens is 2. The average Bonchev–Trinajstić information content (AvgIpc) is 1.86. The summed E-state index contributed by atoms with van der Waals surface area (Å²) in [6.45, 7) is 0. The maximum atomic E-state index is 11.9. The van der Waals surface area contributed by atoms with Gasteiger partial charge in [-0.25, -0.2) is 0 Å². The number of nitrogens with one attached hydrogen (secondary N) is 2. The molecule has 0 atom stereocenters. The molecule has 0 unspecified atom stereocenters. The lowest BCUT2D eigenvalue weighted by Gasteiger charge is -2.00. The van der Waals surface area contributed by atoms with Crippen LogP contribution in [0, 0.1) is 5.41 Å². The maximum absolute atomic E-state index is 11.9. The van der Waals surface area contributed by atoms with Gasteiger partial charge in [0.25, 0.3) is 0 Å². The van der Waals surface area contributed by atoms with E-state index < -0.39 is 11.8 Å². The van der Waals surface area contributed by atoms with E-state index in [0.29, 0.717) is 6.21 Å². The molecular weight excluding hydrogens is 116 g/mol. The molecule has 3 nitrogen and oxygen atoms in total. The van der Waals surface area contributed by atoms with Crippen LogP contribution in [0.15, 0.2) is 5.10 Å². The Morgan fingerprint density at radius 1 is 1.75 bits per heavy atom. The van der Waals surface area contributed by atoms with E-state index in [0.717, 1.165) is 0 Å². The van der Waals surface area contributed by atoms with E-state index in [1.807, 2.05) is 5.43 Å². The second-order valence-electron chi connectivity index (χ2n) is 1.37. The van der Waals surface area contributed by atoms with Crippen molar-refractivity contribution < 1.29 is 8.78 Å². The summed E-state index contributed by atoms with van der Waals surface area (Å²) in [7, 11) is 0. The minimum Gasteiger partial charge on any atom is -0.281 e. The highest BCUT2D eigenvalue weighted by Gasteiger charge is 2.36. The van der Waals surface area contributed by atoms with Gasteiger partial charge in [0.15, 0.2) is 5.84 Å². The highest BCUT2D eigenvalue weighted by Crippen LogP contribution is 2.13. The average molecular weight is 119 g/mol. The fourth-order valence-electron chi connectivity index (χ4n) is 0.317.